The van der Waals surface area contributed by atoms with Gasteiger partial charge in [-0.15, -0.1) is 0 Å². The van der Waals surface area contributed by atoms with Gasteiger partial charge in [-0.05, 0) is 35.9 Å². The van der Waals surface area contributed by atoms with E-state index in [0.29, 0.717) is 0 Å². The molecule has 0 radical (unpaired) electrons. The quantitative estimate of drug-likeness (QED) is 0.838. The lowest BCUT2D eigenvalue weighted by molar-refractivity contribution is -0.0223. The van der Waals surface area contributed by atoms with Crippen LogP contribution >= 0.6 is 0 Å². The van der Waals surface area contributed by atoms with Gasteiger partial charge in [-0.2, -0.15) is 5.10 Å². The topological polar surface area (TPSA) is 34.1 Å². The van der Waals surface area contributed by atoms with Crippen molar-refractivity contribution in [2.75, 3.05) is 7.11 Å². The molecule has 2 aromatic rings. The van der Waals surface area contributed by atoms with Gasteiger partial charge in [-0.3, -0.25) is 5.01 Å². The van der Waals surface area contributed by atoms with E-state index in [0.717, 1.165) is 42.0 Å². The highest BCUT2D eigenvalue weighted by Crippen LogP contribution is 2.43. The molecule has 0 aliphatic carbocycles. The Morgan fingerprint density at radius 3 is 2.71 bits per heavy atom. The molecule has 2 heterocycles. The van der Waals surface area contributed by atoms with Gasteiger partial charge in [0.2, 0.25) is 0 Å². The third kappa shape index (κ3) is 2.52. The van der Waals surface area contributed by atoms with Gasteiger partial charge in [0, 0.05) is 18.4 Å². The summed E-state index contributed by atoms with van der Waals surface area (Å²) < 4.78 is 11.5. The molecule has 4 heteroatoms. The zero-order valence-corrected chi connectivity index (χ0v) is 14.1. The SMILES string of the molecule is CCCC1Oc2ccccc2C2CC(c3ccc(OC)cc3)=NN12. The van der Waals surface area contributed by atoms with Crippen LogP contribution in [0, 0.1) is 0 Å². The van der Waals surface area contributed by atoms with Crippen molar-refractivity contribution in [3.63, 3.8) is 0 Å². The number of hydrazone groups is 1. The van der Waals surface area contributed by atoms with Gasteiger partial charge in [0.05, 0.1) is 18.9 Å². The van der Waals surface area contributed by atoms with E-state index < -0.39 is 0 Å². The second kappa shape index (κ2) is 6.19. The number of fused-ring (bicyclic) bond motifs is 3. The Hall–Kier alpha value is -2.49. The normalized spacial score (nSPS) is 21.6. The monoisotopic (exact) mass is 322 g/mol. The first-order valence-electron chi connectivity index (χ1n) is 8.56. The van der Waals surface area contributed by atoms with Gasteiger partial charge >= 0.3 is 0 Å². The summed E-state index contributed by atoms with van der Waals surface area (Å²) in [5.74, 6) is 1.87. The standard InChI is InChI=1S/C20H22N2O2/c1-3-6-20-22-18(16-7-4-5-8-19(16)24-20)13-17(21-22)14-9-11-15(23-2)12-10-14/h4-5,7-12,18,20H,3,6,13H2,1-2H3. The Morgan fingerprint density at radius 2 is 1.96 bits per heavy atom. The minimum Gasteiger partial charge on any atom is -0.497 e. The summed E-state index contributed by atoms with van der Waals surface area (Å²) in [5, 5.41) is 7.08. The van der Waals surface area contributed by atoms with E-state index in [1.54, 1.807) is 7.11 Å². The van der Waals surface area contributed by atoms with Crippen molar-refractivity contribution < 1.29 is 9.47 Å². The van der Waals surface area contributed by atoms with Crippen molar-refractivity contribution in [1.29, 1.82) is 0 Å². The van der Waals surface area contributed by atoms with Crippen molar-refractivity contribution in [1.82, 2.24) is 5.01 Å². The molecule has 2 atom stereocenters. The highest BCUT2D eigenvalue weighted by molar-refractivity contribution is 6.02. The Morgan fingerprint density at radius 1 is 1.17 bits per heavy atom. The van der Waals surface area contributed by atoms with E-state index >= 15 is 0 Å². The van der Waals surface area contributed by atoms with Crippen LogP contribution in [-0.2, 0) is 0 Å². The molecule has 4 nitrogen and oxygen atoms in total. The summed E-state index contributed by atoms with van der Waals surface area (Å²) in [6.07, 6.45) is 2.98. The fourth-order valence-corrected chi connectivity index (χ4v) is 3.50. The van der Waals surface area contributed by atoms with Crippen molar-refractivity contribution in [3.8, 4) is 11.5 Å². The second-order valence-corrected chi connectivity index (χ2v) is 6.27. The molecule has 2 aliphatic rings. The average molecular weight is 322 g/mol. The molecular formula is C20H22N2O2. The van der Waals surface area contributed by atoms with Crippen molar-refractivity contribution in [2.45, 2.75) is 38.5 Å². The highest BCUT2D eigenvalue weighted by Gasteiger charge is 2.39. The minimum atomic E-state index is 0.0191. The first-order chi connectivity index (χ1) is 11.8. The Balaban J connectivity index is 1.68. The van der Waals surface area contributed by atoms with Crippen LogP contribution in [-0.4, -0.2) is 24.1 Å². The Bertz CT molecular complexity index is 754. The van der Waals surface area contributed by atoms with E-state index in [-0.39, 0.29) is 12.3 Å². The molecule has 2 unspecified atom stereocenters. The molecule has 0 fully saturated rings. The van der Waals surface area contributed by atoms with E-state index in [1.165, 1.54) is 5.56 Å². The third-order valence-electron chi connectivity index (χ3n) is 4.74. The summed E-state index contributed by atoms with van der Waals surface area (Å²) in [6, 6.07) is 16.7. The van der Waals surface area contributed by atoms with Crippen LogP contribution in [0.5, 0.6) is 11.5 Å². The number of nitrogens with zero attached hydrogens (tertiary/aromatic N) is 2. The lowest BCUT2D eigenvalue weighted by Gasteiger charge is -2.38. The minimum absolute atomic E-state index is 0.0191. The summed E-state index contributed by atoms with van der Waals surface area (Å²) in [5.41, 5.74) is 3.50. The Kier molecular flexibility index (Phi) is 3.89. The van der Waals surface area contributed by atoms with Gasteiger partial charge in [0.25, 0.3) is 0 Å². The second-order valence-electron chi connectivity index (χ2n) is 6.27. The molecule has 24 heavy (non-hydrogen) atoms. The zero-order valence-electron chi connectivity index (χ0n) is 14.1. The number of hydrogen-bond acceptors (Lipinski definition) is 4. The number of hydrogen-bond donors (Lipinski definition) is 0. The number of rotatable bonds is 4. The van der Waals surface area contributed by atoms with Gasteiger partial charge in [-0.1, -0.05) is 31.5 Å². The van der Waals surface area contributed by atoms with Crippen molar-refractivity contribution >= 4 is 5.71 Å². The third-order valence-corrected chi connectivity index (χ3v) is 4.74. The average Bonchev–Trinajstić information content (AvgIpc) is 3.08. The van der Waals surface area contributed by atoms with Crippen LogP contribution in [0.2, 0.25) is 0 Å². The van der Waals surface area contributed by atoms with Gasteiger partial charge in [0.1, 0.15) is 11.5 Å². The molecule has 2 aromatic carbocycles. The van der Waals surface area contributed by atoms with E-state index in [9.17, 15) is 0 Å². The number of methoxy groups -OCH3 is 1. The zero-order chi connectivity index (χ0) is 16.5. The molecule has 4 rings (SSSR count). The molecule has 0 saturated carbocycles. The molecule has 0 spiro atoms. The summed E-state index contributed by atoms with van der Waals surface area (Å²) >= 11 is 0. The maximum atomic E-state index is 6.21. The largest absolute Gasteiger partial charge is 0.497 e. The van der Waals surface area contributed by atoms with Crippen LogP contribution in [0.15, 0.2) is 53.6 Å². The number of para-hydroxylation sites is 1. The van der Waals surface area contributed by atoms with Crippen LogP contribution in [0.3, 0.4) is 0 Å². The maximum Gasteiger partial charge on any atom is 0.187 e. The van der Waals surface area contributed by atoms with Crippen LogP contribution < -0.4 is 9.47 Å². The van der Waals surface area contributed by atoms with Crippen LogP contribution in [0.25, 0.3) is 0 Å². The number of ether oxygens (including phenoxy) is 2. The summed E-state index contributed by atoms with van der Waals surface area (Å²) in [4.78, 5) is 0. The van der Waals surface area contributed by atoms with Crippen molar-refractivity contribution in [3.05, 3.63) is 59.7 Å². The van der Waals surface area contributed by atoms with Gasteiger partial charge in [-0.25, -0.2) is 0 Å². The molecule has 0 amide bonds. The first-order valence-corrected chi connectivity index (χ1v) is 8.56. The van der Waals surface area contributed by atoms with Crippen LogP contribution in [0.4, 0.5) is 0 Å². The van der Waals surface area contributed by atoms with Crippen LogP contribution in [0.1, 0.15) is 43.4 Å². The maximum absolute atomic E-state index is 6.21. The van der Waals surface area contributed by atoms with E-state index in [1.807, 2.05) is 18.2 Å². The fraction of sp³-hybridized carbons (Fsp3) is 0.350. The lowest BCUT2D eigenvalue weighted by atomic mass is 9.96. The predicted octanol–water partition coefficient (Wildman–Crippen LogP) is 4.36. The molecule has 2 aliphatic heterocycles. The summed E-state index contributed by atoms with van der Waals surface area (Å²) in [6.45, 7) is 2.18. The molecule has 0 N–H and O–H groups in total. The molecule has 0 aromatic heterocycles. The summed E-state index contributed by atoms with van der Waals surface area (Å²) in [7, 11) is 1.69. The van der Waals surface area contributed by atoms with E-state index in [4.69, 9.17) is 14.6 Å². The van der Waals surface area contributed by atoms with Crippen molar-refractivity contribution in [2.24, 2.45) is 5.10 Å². The highest BCUT2D eigenvalue weighted by atomic mass is 16.5. The number of benzene rings is 2. The molecule has 124 valence electrons. The Labute approximate surface area is 142 Å². The smallest absolute Gasteiger partial charge is 0.187 e. The van der Waals surface area contributed by atoms with Gasteiger partial charge < -0.3 is 9.47 Å². The molecule has 0 bridgehead atoms. The fourth-order valence-electron chi connectivity index (χ4n) is 3.50. The molecular weight excluding hydrogens is 300 g/mol. The predicted molar refractivity (Wildman–Crippen MR) is 94.5 cm³/mol. The van der Waals surface area contributed by atoms with Gasteiger partial charge in [0.15, 0.2) is 6.23 Å². The van der Waals surface area contributed by atoms with E-state index in [2.05, 4.69) is 42.3 Å². The lowest BCUT2D eigenvalue weighted by Crippen LogP contribution is -2.40. The molecule has 0 saturated heterocycles. The first kappa shape index (κ1) is 15.1.